The van der Waals surface area contributed by atoms with Crippen molar-refractivity contribution in [3.8, 4) is 0 Å². The van der Waals surface area contributed by atoms with E-state index >= 15 is 0 Å². The number of carbonyl (C=O) groups excluding carboxylic acids is 1. The number of allylic oxidation sites excluding steroid dienone is 2. The molecule has 4 nitrogen and oxygen atoms in total. The van der Waals surface area contributed by atoms with Gasteiger partial charge in [0.25, 0.3) is 0 Å². The predicted octanol–water partition coefficient (Wildman–Crippen LogP) is 5.35. The first kappa shape index (κ1) is 17.4. The summed E-state index contributed by atoms with van der Waals surface area (Å²) >= 11 is 0. The van der Waals surface area contributed by atoms with Crippen LogP contribution in [0.1, 0.15) is 28.9 Å². The van der Waals surface area contributed by atoms with Crippen molar-refractivity contribution in [2.24, 2.45) is 0 Å². The Bertz CT molecular complexity index is 1270. The Kier molecular flexibility index (Phi) is 4.02. The first-order valence-corrected chi connectivity index (χ1v) is 9.43. The summed E-state index contributed by atoms with van der Waals surface area (Å²) in [5.41, 5.74) is 4.30. The zero-order valence-electron chi connectivity index (χ0n) is 15.8. The van der Waals surface area contributed by atoms with Crippen LogP contribution in [0.2, 0.25) is 0 Å². The van der Waals surface area contributed by atoms with Crippen LogP contribution in [0.4, 0.5) is 10.3 Å². The van der Waals surface area contributed by atoms with E-state index in [0.29, 0.717) is 22.6 Å². The van der Waals surface area contributed by atoms with Gasteiger partial charge in [0.15, 0.2) is 5.78 Å². The number of rotatable bonds is 3. The Morgan fingerprint density at radius 3 is 2.55 bits per heavy atom. The van der Waals surface area contributed by atoms with E-state index in [1.54, 1.807) is 18.2 Å². The van der Waals surface area contributed by atoms with Crippen LogP contribution in [0.5, 0.6) is 0 Å². The Balaban J connectivity index is 1.78. The average molecular weight is 383 g/mol. The van der Waals surface area contributed by atoms with Crippen molar-refractivity contribution in [1.29, 1.82) is 0 Å². The molecule has 3 aromatic carbocycles. The van der Waals surface area contributed by atoms with Crippen LogP contribution in [0, 0.1) is 5.82 Å². The Morgan fingerprint density at radius 2 is 1.76 bits per heavy atom. The lowest BCUT2D eigenvalue weighted by Gasteiger charge is -2.30. The molecule has 1 aliphatic rings. The Hall–Kier alpha value is -3.73. The minimum absolute atomic E-state index is 0.0895. The van der Waals surface area contributed by atoms with Crippen LogP contribution in [0.15, 0.2) is 90.1 Å². The molecule has 1 N–H and O–H groups in total. The summed E-state index contributed by atoms with van der Waals surface area (Å²) in [5, 5.41) is 3.28. The molecule has 0 saturated heterocycles. The largest absolute Gasteiger partial charge is 0.329 e. The van der Waals surface area contributed by atoms with Gasteiger partial charge in [0, 0.05) is 16.8 Å². The molecule has 0 aliphatic carbocycles. The number of benzene rings is 3. The molecule has 0 spiro atoms. The quantitative estimate of drug-likeness (QED) is 0.485. The van der Waals surface area contributed by atoms with Crippen molar-refractivity contribution >= 4 is 22.8 Å². The number of nitrogens with one attached hydrogen (secondary N) is 1. The molecule has 4 aromatic rings. The average Bonchev–Trinajstić information content (AvgIpc) is 3.10. The van der Waals surface area contributed by atoms with Crippen molar-refractivity contribution in [3.63, 3.8) is 0 Å². The summed E-state index contributed by atoms with van der Waals surface area (Å²) < 4.78 is 16.1. The Labute approximate surface area is 167 Å². The summed E-state index contributed by atoms with van der Waals surface area (Å²) in [6.45, 7) is 1.87. The predicted molar refractivity (Wildman–Crippen MR) is 111 cm³/mol. The number of imidazole rings is 1. The molecule has 0 radical (unpaired) electrons. The van der Waals surface area contributed by atoms with Crippen LogP contribution in [0.25, 0.3) is 11.0 Å². The fourth-order valence-corrected chi connectivity index (χ4v) is 4.00. The monoisotopic (exact) mass is 383 g/mol. The lowest BCUT2D eigenvalue weighted by Crippen LogP contribution is -2.28. The molecule has 142 valence electrons. The number of anilines is 1. The van der Waals surface area contributed by atoms with Crippen LogP contribution in [-0.2, 0) is 0 Å². The van der Waals surface area contributed by atoms with Crippen molar-refractivity contribution in [2.75, 3.05) is 5.32 Å². The summed E-state index contributed by atoms with van der Waals surface area (Å²) in [5.74, 6) is 0.215. The van der Waals surface area contributed by atoms with Crippen molar-refractivity contribution in [3.05, 3.63) is 107 Å². The van der Waals surface area contributed by atoms with E-state index in [2.05, 4.69) is 10.3 Å². The highest BCUT2D eigenvalue weighted by Crippen LogP contribution is 2.40. The van der Waals surface area contributed by atoms with Gasteiger partial charge >= 0.3 is 0 Å². The van der Waals surface area contributed by atoms with Gasteiger partial charge in [-0.05, 0) is 36.8 Å². The lowest BCUT2D eigenvalue weighted by molar-refractivity contribution is 0.102. The highest BCUT2D eigenvalue weighted by atomic mass is 19.1. The number of hydrogen-bond donors (Lipinski definition) is 1. The zero-order valence-corrected chi connectivity index (χ0v) is 15.8. The van der Waals surface area contributed by atoms with Gasteiger partial charge in [-0.1, -0.05) is 54.6 Å². The highest BCUT2D eigenvalue weighted by Gasteiger charge is 2.34. The van der Waals surface area contributed by atoms with E-state index in [9.17, 15) is 9.18 Å². The standard InChI is InChI=1S/C24H18FN3O/c1-15-21(23(29)16-8-3-2-4-9-16)22(17-10-7-11-18(25)14-17)28-20-13-6-5-12-19(20)27-24(28)26-15/h2-14,22H,1H3,(H,26,27)/t22-/m1/s1. The molecule has 2 heterocycles. The fraction of sp³-hybridized carbons (Fsp3) is 0.0833. The molecule has 0 fully saturated rings. The molecule has 1 aromatic heterocycles. The maximum Gasteiger partial charge on any atom is 0.209 e. The molecule has 29 heavy (non-hydrogen) atoms. The SMILES string of the molecule is CC1=C(C(=O)c2ccccc2)[C@@H](c2cccc(F)c2)n2c(nc3ccccc32)N1. The van der Waals surface area contributed by atoms with Gasteiger partial charge in [0.1, 0.15) is 5.82 Å². The van der Waals surface area contributed by atoms with E-state index in [0.717, 1.165) is 16.7 Å². The minimum atomic E-state index is -0.484. The van der Waals surface area contributed by atoms with E-state index < -0.39 is 6.04 Å². The van der Waals surface area contributed by atoms with Crippen molar-refractivity contribution < 1.29 is 9.18 Å². The van der Waals surface area contributed by atoms with Crippen molar-refractivity contribution in [2.45, 2.75) is 13.0 Å². The van der Waals surface area contributed by atoms with Gasteiger partial charge in [0.2, 0.25) is 5.95 Å². The first-order valence-electron chi connectivity index (χ1n) is 9.43. The molecular formula is C24H18FN3O. The normalized spacial score (nSPS) is 15.9. The zero-order chi connectivity index (χ0) is 20.0. The molecule has 0 saturated carbocycles. The number of hydrogen-bond acceptors (Lipinski definition) is 3. The van der Waals surface area contributed by atoms with Crippen molar-refractivity contribution in [1.82, 2.24) is 9.55 Å². The number of nitrogens with zero attached hydrogens (tertiary/aromatic N) is 2. The first-order chi connectivity index (χ1) is 14.1. The van der Waals surface area contributed by atoms with Crippen LogP contribution < -0.4 is 5.32 Å². The number of Topliss-reactive ketones (excluding diaryl/α,β-unsaturated/α-hetero) is 1. The molecule has 0 amide bonds. The summed E-state index contributed by atoms with van der Waals surface area (Å²) in [4.78, 5) is 18.2. The second-order valence-electron chi connectivity index (χ2n) is 7.11. The molecule has 5 heteroatoms. The number of aromatic nitrogens is 2. The lowest BCUT2D eigenvalue weighted by atomic mass is 9.89. The fourth-order valence-electron chi connectivity index (χ4n) is 4.00. The van der Waals surface area contributed by atoms with Crippen LogP contribution in [0.3, 0.4) is 0 Å². The third kappa shape index (κ3) is 2.83. The Morgan fingerprint density at radius 1 is 1.00 bits per heavy atom. The number of para-hydroxylation sites is 2. The number of halogens is 1. The van der Waals surface area contributed by atoms with Gasteiger partial charge in [-0.15, -0.1) is 0 Å². The third-order valence-electron chi connectivity index (χ3n) is 5.28. The van der Waals surface area contributed by atoms with Gasteiger partial charge in [-0.25, -0.2) is 9.37 Å². The number of carbonyl (C=O) groups is 1. The van der Waals surface area contributed by atoms with Gasteiger partial charge in [-0.3, -0.25) is 9.36 Å². The van der Waals surface area contributed by atoms with Gasteiger partial charge in [-0.2, -0.15) is 0 Å². The minimum Gasteiger partial charge on any atom is -0.329 e. The summed E-state index contributed by atoms with van der Waals surface area (Å²) in [6, 6.07) is 22.8. The van der Waals surface area contributed by atoms with Crippen LogP contribution in [-0.4, -0.2) is 15.3 Å². The topological polar surface area (TPSA) is 46.9 Å². The summed E-state index contributed by atoms with van der Waals surface area (Å²) in [7, 11) is 0. The molecule has 0 unspecified atom stereocenters. The van der Waals surface area contributed by atoms with Gasteiger partial charge in [0.05, 0.1) is 17.1 Å². The third-order valence-corrected chi connectivity index (χ3v) is 5.28. The summed E-state index contributed by atoms with van der Waals surface area (Å²) in [6.07, 6.45) is 0. The van der Waals surface area contributed by atoms with Crippen LogP contribution >= 0.6 is 0 Å². The number of fused-ring (bicyclic) bond motifs is 3. The highest BCUT2D eigenvalue weighted by molar-refractivity contribution is 6.11. The second-order valence-corrected chi connectivity index (χ2v) is 7.11. The molecule has 5 rings (SSSR count). The van der Waals surface area contributed by atoms with Gasteiger partial charge < -0.3 is 5.32 Å². The van der Waals surface area contributed by atoms with E-state index in [-0.39, 0.29) is 11.6 Å². The maximum atomic E-state index is 14.1. The maximum absolute atomic E-state index is 14.1. The van der Waals surface area contributed by atoms with E-state index in [1.807, 2.05) is 60.0 Å². The molecule has 1 aliphatic heterocycles. The van der Waals surface area contributed by atoms with E-state index in [4.69, 9.17) is 0 Å². The van der Waals surface area contributed by atoms with E-state index in [1.165, 1.54) is 12.1 Å². The second kappa shape index (κ2) is 6.71. The smallest absolute Gasteiger partial charge is 0.209 e. The number of ketones is 1. The molecule has 0 bridgehead atoms. The molecule has 1 atom stereocenters. The molecular weight excluding hydrogens is 365 g/mol.